The normalized spacial score (nSPS) is 25.2. The Morgan fingerprint density at radius 3 is 2.55 bits per heavy atom. The highest BCUT2D eigenvalue weighted by atomic mass is 16.2. The van der Waals surface area contributed by atoms with Gasteiger partial charge in [-0.1, -0.05) is 6.07 Å². The highest BCUT2D eigenvalue weighted by molar-refractivity contribution is 5.97. The van der Waals surface area contributed by atoms with Crippen molar-refractivity contribution in [1.82, 2.24) is 20.1 Å². The molecule has 1 N–H and O–H groups in total. The van der Waals surface area contributed by atoms with E-state index in [-0.39, 0.29) is 35.6 Å². The first-order chi connectivity index (χ1) is 13.9. The number of piperidine rings is 1. The summed E-state index contributed by atoms with van der Waals surface area (Å²) in [5, 5.41) is 3.13. The molecular weight excluding hydrogens is 368 g/mol. The zero-order chi connectivity index (χ0) is 20.6. The molecule has 1 saturated heterocycles. The minimum absolute atomic E-state index is 0.0938. The number of pyridine rings is 1. The van der Waals surface area contributed by atoms with E-state index in [4.69, 9.17) is 0 Å². The Labute approximate surface area is 171 Å². The third-order valence-electron chi connectivity index (χ3n) is 6.80. The topological polar surface area (TPSA) is 82.6 Å². The maximum absolute atomic E-state index is 12.9. The van der Waals surface area contributed by atoms with E-state index in [1.807, 2.05) is 17.2 Å². The van der Waals surface area contributed by atoms with E-state index in [1.165, 1.54) is 4.90 Å². The van der Waals surface area contributed by atoms with Crippen LogP contribution in [-0.2, 0) is 14.4 Å². The number of aromatic nitrogens is 1. The lowest BCUT2D eigenvalue weighted by atomic mass is 9.87. The predicted octanol–water partition coefficient (Wildman–Crippen LogP) is 1.55. The summed E-state index contributed by atoms with van der Waals surface area (Å²) in [7, 11) is 3.32. The lowest BCUT2D eigenvalue weighted by Crippen LogP contribution is -2.49. The molecule has 2 saturated carbocycles. The summed E-state index contributed by atoms with van der Waals surface area (Å²) in [6.07, 6.45) is 8.23. The first-order valence-electron chi connectivity index (χ1n) is 10.6. The summed E-state index contributed by atoms with van der Waals surface area (Å²) in [5.74, 6) is 0.712. The standard InChI is InChI=1S/C22H30N4O3/c1-25(2)20(28)13-19(27)24-22(7-8-22)16-5-10-26(11-6-16)21(29)18-12-17(18)15-4-3-9-23-14-15/h3-4,9,14,16-18H,5-8,10-13H2,1-2H3,(H,24,27)/t17-,18+/m0/s1. The number of nitrogens with one attached hydrogen (secondary N) is 1. The van der Waals surface area contributed by atoms with Gasteiger partial charge in [-0.3, -0.25) is 19.4 Å². The molecule has 4 rings (SSSR count). The van der Waals surface area contributed by atoms with Gasteiger partial charge < -0.3 is 15.1 Å². The summed E-state index contributed by atoms with van der Waals surface area (Å²) in [5.41, 5.74) is 1.00. The van der Waals surface area contributed by atoms with Crippen LogP contribution in [0.5, 0.6) is 0 Å². The van der Waals surface area contributed by atoms with Crippen molar-refractivity contribution >= 4 is 17.7 Å². The quantitative estimate of drug-likeness (QED) is 0.737. The second kappa shape index (κ2) is 7.76. The van der Waals surface area contributed by atoms with E-state index in [1.54, 1.807) is 20.3 Å². The number of hydrogen-bond acceptors (Lipinski definition) is 4. The van der Waals surface area contributed by atoms with Gasteiger partial charge in [0, 0.05) is 51.0 Å². The molecule has 2 atom stereocenters. The molecule has 1 aromatic rings. The molecule has 0 bridgehead atoms. The molecule has 29 heavy (non-hydrogen) atoms. The Balaban J connectivity index is 1.26. The van der Waals surface area contributed by atoms with Crippen LogP contribution in [0.1, 0.15) is 50.0 Å². The Hall–Kier alpha value is -2.44. The molecule has 0 radical (unpaired) electrons. The SMILES string of the molecule is CN(C)C(=O)CC(=O)NC1(C2CCN(C(=O)[C@@H]3C[C@H]3c3cccnc3)CC2)CC1. The van der Waals surface area contributed by atoms with E-state index in [0.29, 0.717) is 11.8 Å². The van der Waals surface area contributed by atoms with Crippen molar-refractivity contribution < 1.29 is 14.4 Å². The Morgan fingerprint density at radius 2 is 1.97 bits per heavy atom. The Morgan fingerprint density at radius 1 is 1.24 bits per heavy atom. The molecule has 0 unspecified atom stereocenters. The van der Waals surface area contributed by atoms with Crippen molar-refractivity contribution in [2.45, 2.75) is 50.0 Å². The second-order valence-electron chi connectivity index (χ2n) is 9.00. The van der Waals surface area contributed by atoms with Gasteiger partial charge in [0.25, 0.3) is 0 Å². The first-order valence-corrected chi connectivity index (χ1v) is 10.6. The van der Waals surface area contributed by atoms with Gasteiger partial charge in [0.05, 0.1) is 0 Å². The van der Waals surface area contributed by atoms with Crippen molar-refractivity contribution in [3.63, 3.8) is 0 Å². The smallest absolute Gasteiger partial charge is 0.231 e. The van der Waals surface area contributed by atoms with Gasteiger partial charge in [0.15, 0.2) is 0 Å². The molecule has 1 aliphatic heterocycles. The molecule has 7 nitrogen and oxygen atoms in total. The van der Waals surface area contributed by atoms with Crippen LogP contribution in [0.15, 0.2) is 24.5 Å². The van der Waals surface area contributed by atoms with Crippen molar-refractivity contribution in [2.24, 2.45) is 11.8 Å². The van der Waals surface area contributed by atoms with E-state index in [9.17, 15) is 14.4 Å². The molecule has 3 amide bonds. The fraction of sp³-hybridized carbons (Fsp3) is 0.636. The molecule has 0 spiro atoms. The van der Waals surface area contributed by atoms with Gasteiger partial charge in [-0.25, -0.2) is 0 Å². The molecule has 2 heterocycles. The first kappa shape index (κ1) is 19.9. The van der Waals surface area contributed by atoms with Gasteiger partial charge >= 0.3 is 0 Å². The van der Waals surface area contributed by atoms with Crippen LogP contribution in [0.25, 0.3) is 0 Å². The minimum Gasteiger partial charge on any atom is -0.350 e. The third-order valence-corrected chi connectivity index (χ3v) is 6.80. The van der Waals surface area contributed by atoms with Crippen LogP contribution in [0.2, 0.25) is 0 Å². The zero-order valence-corrected chi connectivity index (χ0v) is 17.3. The van der Waals surface area contributed by atoms with Gasteiger partial charge in [-0.05, 0) is 55.6 Å². The summed E-state index contributed by atoms with van der Waals surface area (Å²) in [6.45, 7) is 1.52. The fourth-order valence-electron chi connectivity index (χ4n) is 4.71. The van der Waals surface area contributed by atoms with Gasteiger partial charge in [0.1, 0.15) is 6.42 Å². The van der Waals surface area contributed by atoms with E-state index >= 15 is 0 Å². The lowest BCUT2D eigenvalue weighted by molar-refractivity contribution is -0.136. The average Bonchev–Trinajstić information content (AvgIpc) is 3.63. The third kappa shape index (κ3) is 4.28. The number of amides is 3. The van der Waals surface area contributed by atoms with Crippen LogP contribution in [0.4, 0.5) is 0 Å². The molecule has 7 heteroatoms. The van der Waals surface area contributed by atoms with Crippen molar-refractivity contribution in [3.8, 4) is 0 Å². The Bertz CT molecular complexity index is 783. The maximum Gasteiger partial charge on any atom is 0.231 e. The van der Waals surface area contributed by atoms with Crippen LogP contribution in [0.3, 0.4) is 0 Å². The van der Waals surface area contributed by atoms with Gasteiger partial charge in [0.2, 0.25) is 17.7 Å². The highest BCUT2D eigenvalue weighted by Gasteiger charge is 2.52. The molecule has 1 aromatic heterocycles. The summed E-state index contributed by atoms with van der Waals surface area (Å²) < 4.78 is 0. The second-order valence-corrected chi connectivity index (χ2v) is 9.00. The molecular formula is C22H30N4O3. The fourth-order valence-corrected chi connectivity index (χ4v) is 4.71. The summed E-state index contributed by atoms with van der Waals surface area (Å²) >= 11 is 0. The van der Waals surface area contributed by atoms with Crippen LogP contribution in [-0.4, -0.2) is 65.2 Å². The Kier molecular flexibility index (Phi) is 5.32. The maximum atomic E-state index is 12.9. The van der Waals surface area contributed by atoms with Crippen LogP contribution < -0.4 is 5.32 Å². The van der Waals surface area contributed by atoms with Crippen LogP contribution >= 0.6 is 0 Å². The number of carbonyl (C=O) groups excluding carboxylic acids is 3. The monoisotopic (exact) mass is 398 g/mol. The van der Waals surface area contributed by atoms with Gasteiger partial charge in [-0.15, -0.1) is 0 Å². The van der Waals surface area contributed by atoms with Crippen LogP contribution in [0, 0.1) is 11.8 Å². The summed E-state index contributed by atoms with van der Waals surface area (Å²) in [6, 6.07) is 3.98. The average molecular weight is 399 g/mol. The molecule has 2 aliphatic carbocycles. The molecule has 3 aliphatic rings. The molecule has 0 aromatic carbocycles. The minimum atomic E-state index is -0.183. The lowest BCUT2D eigenvalue weighted by Gasteiger charge is -2.37. The number of rotatable bonds is 6. The van der Waals surface area contributed by atoms with E-state index in [2.05, 4.69) is 16.4 Å². The predicted molar refractivity (Wildman–Crippen MR) is 108 cm³/mol. The van der Waals surface area contributed by atoms with Crippen molar-refractivity contribution in [1.29, 1.82) is 0 Å². The number of hydrogen-bond donors (Lipinski definition) is 1. The number of likely N-dealkylation sites (tertiary alicyclic amines) is 1. The molecule has 156 valence electrons. The van der Waals surface area contributed by atoms with Crippen molar-refractivity contribution in [3.05, 3.63) is 30.1 Å². The number of nitrogens with zero attached hydrogens (tertiary/aromatic N) is 3. The van der Waals surface area contributed by atoms with Crippen molar-refractivity contribution in [2.75, 3.05) is 27.2 Å². The zero-order valence-electron chi connectivity index (χ0n) is 17.3. The van der Waals surface area contributed by atoms with E-state index < -0.39 is 0 Å². The largest absolute Gasteiger partial charge is 0.350 e. The number of carbonyl (C=O) groups is 3. The highest BCUT2D eigenvalue weighted by Crippen LogP contribution is 2.50. The van der Waals surface area contributed by atoms with Gasteiger partial charge in [-0.2, -0.15) is 0 Å². The summed E-state index contributed by atoms with van der Waals surface area (Å²) in [4.78, 5) is 44.5. The molecule has 3 fully saturated rings. The van der Waals surface area contributed by atoms with E-state index in [0.717, 1.165) is 50.8 Å².